The number of anilines is 2. The second-order valence-electron chi connectivity index (χ2n) is 3.80. The van der Waals surface area contributed by atoms with Crippen LogP contribution >= 0.6 is 0 Å². The maximum Gasteiger partial charge on any atom is 0.127 e. The van der Waals surface area contributed by atoms with Gasteiger partial charge in [0.25, 0.3) is 0 Å². The van der Waals surface area contributed by atoms with Gasteiger partial charge in [-0.3, -0.25) is 0 Å². The summed E-state index contributed by atoms with van der Waals surface area (Å²) in [5.74, 6) is -0.339. The van der Waals surface area contributed by atoms with Crippen LogP contribution in [0.3, 0.4) is 0 Å². The summed E-state index contributed by atoms with van der Waals surface area (Å²) in [6, 6.07) is 4.43. The van der Waals surface area contributed by atoms with Crippen LogP contribution in [0.25, 0.3) is 0 Å². The number of nitrogens with two attached hydrogens (primary N) is 1. The molecule has 3 nitrogen and oxygen atoms in total. The van der Waals surface area contributed by atoms with Gasteiger partial charge in [-0.1, -0.05) is 0 Å². The van der Waals surface area contributed by atoms with Crippen LogP contribution in [0.4, 0.5) is 15.8 Å². The lowest BCUT2D eigenvalue weighted by molar-refractivity contribution is 0.187. The highest BCUT2D eigenvalue weighted by Gasteiger charge is 2.05. The van der Waals surface area contributed by atoms with E-state index < -0.39 is 0 Å². The van der Waals surface area contributed by atoms with Crippen molar-refractivity contribution in [1.29, 1.82) is 0 Å². The van der Waals surface area contributed by atoms with Gasteiger partial charge in [-0.15, -0.1) is 0 Å². The number of aliphatic hydroxyl groups is 1. The van der Waals surface area contributed by atoms with E-state index in [0.29, 0.717) is 18.7 Å². The second-order valence-corrected chi connectivity index (χ2v) is 3.80. The van der Waals surface area contributed by atoms with Crippen molar-refractivity contribution in [2.24, 2.45) is 0 Å². The predicted octanol–water partition coefficient (Wildman–Crippen LogP) is 1.62. The van der Waals surface area contributed by atoms with E-state index in [2.05, 4.69) is 0 Å². The third-order valence-corrected chi connectivity index (χ3v) is 2.23. The quantitative estimate of drug-likeness (QED) is 0.745. The number of benzene rings is 1. The van der Waals surface area contributed by atoms with Crippen molar-refractivity contribution in [3.63, 3.8) is 0 Å². The van der Waals surface area contributed by atoms with Crippen molar-refractivity contribution in [3.05, 3.63) is 24.0 Å². The predicted molar refractivity (Wildman–Crippen MR) is 60.4 cm³/mol. The molecule has 3 N–H and O–H groups in total. The fourth-order valence-electron chi connectivity index (χ4n) is 1.33. The van der Waals surface area contributed by atoms with Crippen LogP contribution in [0.5, 0.6) is 0 Å². The van der Waals surface area contributed by atoms with Crippen molar-refractivity contribution in [1.82, 2.24) is 0 Å². The zero-order chi connectivity index (χ0) is 11.4. The van der Waals surface area contributed by atoms with Gasteiger partial charge in [0, 0.05) is 25.0 Å². The fourth-order valence-corrected chi connectivity index (χ4v) is 1.33. The molecule has 0 radical (unpaired) electrons. The lowest BCUT2D eigenvalue weighted by Crippen LogP contribution is -2.22. The molecular weight excluding hydrogens is 195 g/mol. The molecule has 84 valence electrons. The number of nitrogens with zero attached hydrogens (tertiary/aromatic N) is 1. The molecule has 0 saturated heterocycles. The Morgan fingerprint density at radius 3 is 2.67 bits per heavy atom. The molecular formula is C11H17FN2O. The summed E-state index contributed by atoms with van der Waals surface area (Å²) >= 11 is 0. The number of rotatable bonds is 4. The average molecular weight is 212 g/mol. The molecule has 4 heteroatoms. The molecule has 1 aromatic rings. The fraction of sp³-hybridized carbons (Fsp3) is 0.455. The monoisotopic (exact) mass is 212 g/mol. The molecule has 0 heterocycles. The molecule has 0 aliphatic carbocycles. The molecule has 1 atom stereocenters. The van der Waals surface area contributed by atoms with Crippen molar-refractivity contribution >= 4 is 11.4 Å². The van der Waals surface area contributed by atoms with Crippen LogP contribution in [0.2, 0.25) is 0 Å². The molecule has 0 saturated carbocycles. The zero-order valence-electron chi connectivity index (χ0n) is 9.07. The number of hydrogen-bond donors (Lipinski definition) is 2. The highest BCUT2D eigenvalue weighted by Crippen LogP contribution is 2.19. The van der Waals surface area contributed by atoms with E-state index in [4.69, 9.17) is 10.8 Å². The second kappa shape index (κ2) is 4.98. The van der Waals surface area contributed by atoms with Gasteiger partial charge in [0.15, 0.2) is 0 Å². The smallest absolute Gasteiger partial charge is 0.127 e. The van der Waals surface area contributed by atoms with Crippen LogP contribution in [0.15, 0.2) is 18.2 Å². The Balaban J connectivity index is 2.68. The highest BCUT2D eigenvalue weighted by atomic mass is 19.1. The largest absolute Gasteiger partial charge is 0.399 e. The van der Waals surface area contributed by atoms with Crippen molar-refractivity contribution in [3.8, 4) is 0 Å². The van der Waals surface area contributed by atoms with Crippen LogP contribution in [0.1, 0.15) is 13.3 Å². The summed E-state index contributed by atoms with van der Waals surface area (Å²) in [5, 5.41) is 9.13. The summed E-state index contributed by atoms with van der Waals surface area (Å²) in [4.78, 5) is 1.87. The molecule has 1 aromatic carbocycles. The van der Waals surface area contributed by atoms with Gasteiger partial charge in [-0.05, 0) is 31.5 Å². The minimum Gasteiger partial charge on any atom is -0.399 e. The molecule has 1 unspecified atom stereocenters. The van der Waals surface area contributed by atoms with E-state index in [1.54, 1.807) is 13.0 Å². The Morgan fingerprint density at radius 2 is 2.13 bits per heavy atom. The number of halogens is 1. The number of nitrogen functional groups attached to an aromatic ring is 1. The Bertz CT molecular complexity index is 308. The first-order chi connectivity index (χ1) is 6.99. The topological polar surface area (TPSA) is 49.5 Å². The minimum absolute atomic E-state index is 0.339. The standard InChI is InChI=1S/C11H17FN2O/c1-8(15)3-4-14(2)11-6-9(12)5-10(13)7-11/h5-8,15H,3-4,13H2,1-2H3. The maximum absolute atomic E-state index is 13.0. The van der Waals surface area contributed by atoms with Crippen molar-refractivity contribution < 1.29 is 9.50 Å². The lowest BCUT2D eigenvalue weighted by atomic mass is 10.2. The third kappa shape index (κ3) is 3.75. The minimum atomic E-state index is -0.349. The summed E-state index contributed by atoms with van der Waals surface area (Å²) in [7, 11) is 1.84. The summed E-state index contributed by atoms with van der Waals surface area (Å²) in [6.07, 6.45) is 0.297. The van der Waals surface area contributed by atoms with E-state index in [1.165, 1.54) is 12.1 Å². The SMILES string of the molecule is CC(O)CCN(C)c1cc(N)cc(F)c1. The van der Waals surface area contributed by atoms with E-state index in [9.17, 15) is 4.39 Å². The highest BCUT2D eigenvalue weighted by molar-refractivity contribution is 5.55. The maximum atomic E-state index is 13.0. The summed E-state index contributed by atoms with van der Waals surface area (Å²) in [6.45, 7) is 2.40. The summed E-state index contributed by atoms with van der Waals surface area (Å²) in [5.41, 5.74) is 6.68. The van der Waals surface area contributed by atoms with Gasteiger partial charge in [-0.2, -0.15) is 0 Å². The van der Waals surface area contributed by atoms with Gasteiger partial charge in [0.1, 0.15) is 5.82 Å². The molecule has 0 aromatic heterocycles. The Kier molecular flexibility index (Phi) is 3.91. The summed E-state index contributed by atoms with van der Waals surface area (Å²) < 4.78 is 13.0. The first kappa shape index (κ1) is 11.8. The van der Waals surface area contributed by atoms with E-state index >= 15 is 0 Å². The average Bonchev–Trinajstić information content (AvgIpc) is 2.12. The van der Waals surface area contributed by atoms with Crippen LogP contribution in [0, 0.1) is 5.82 Å². The number of hydrogen-bond acceptors (Lipinski definition) is 3. The molecule has 0 spiro atoms. The van der Waals surface area contributed by atoms with Crippen LogP contribution in [-0.2, 0) is 0 Å². The van der Waals surface area contributed by atoms with Gasteiger partial charge in [0.05, 0.1) is 6.10 Å². The van der Waals surface area contributed by atoms with Crippen molar-refractivity contribution in [2.45, 2.75) is 19.4 Å². The Labute approximate surface area is 89.3 Å². The zero-order valence-corrected chi connectivity index (χ0v) is 9.07. The molecule has 0 aliphatic heterocycles. The van der Waals surface area contributed by atoms with Crippen LogP contribution < -0.4 is 10.6 Å². The first-order valence-electron chi connectivity index (χ1n) is 4.94. The molecule has 0 bridgehead atoms. The van der Waals surface area contributed by atoms with Gasteiger partial charge < -0.3 is 15.7 Å². The molecule has 0 fully saturated rings. The first-order valence-corrected chi connectivity index (χ1v) is 4.94. The molecule has 15 heavy (non-hydrogen) atoms. The van der Waals surface area contributed by atoms with Crippen LogP contribution in [-0.4, -0.2) is 24.8 Å². The third-order valence-electron chi connectivity index (χ3n) is 2.23. The van der Waals surface area contributed by atoms with Gasteiger partial charge in [0.2, 0.25) is 0 Å². The van der Waals surface area contributed by atoms with Crippen molar-refractivity contribution in [2.75, 3.05) is 24.2 Å². The van der Waals surface area contributed by atoms with E-state index in [1.807, 2.05) is 11.9 Å². The van der Waals surface area contributed by atoms with Gasteiger partial charge >= 0.3 is 0 Å². The number of aliphatic hydroxyl groups excluding tert-OH is 1. The van der Waals surface area contributed by atoms with Gasteiger partial charge in [-0.25, -0.2) is 4.39 Å². The molecule has 1 rings (SSSR count). The van der Waals surface area contributed by atoms with E-state index in [0.717, 1.165) is 5.69 Å². The molecule has 0 aliphatic rings. The van der Waals surface area contributed by atoms with E-state index in [-0.39, 0.29) is 11.9 Å². The Hall–Kier alpha value is -1.29. The lowest BCUT2D eigenvalue weighted by Gasteiger charge is -2.20. The molecule has 0 amide bonds. The Morgan fingerprint density at radius 1 is 1.47 bits per heavy atom. The normalized spacial score (nSPS) is 12.5.